The van der Waals surface area contributed by atoms with E-state index >= 15 is 0 Å². The zero-order chi connectivity index (χ0) is 22.3. The summed E-state index contributed by atoms with van der Waals surface area (Å²) < 4.78 is 84.2. The summed E-state index contributed by atoms with van der Waals surface area (Å²) in [4.78, 5) is 0. The molecule has 1 heterocycles. The Morgan fingerprint density at radius 2 is 1.43 bits per heavy atom. The first-order valence-electron chi connectivity index (χ1n) is 7.97. The molecule has 0 unspecified atom stereocenters. The van der Waals surface area contributed by atoms with Crippen molar-refractivity contribution in [2.45, 2.75) is 19.0 Å². The Labute approximate surface area is 180 Å². The summed E-state index contributed by atoms with van der Waals surface area (Å²) in [6, 6.07) is 6.32. The fourth-order valence-corrected chi connectivity index (χ4v) is 3.49. The maximum absolute atomic E-state index is 13.4. The molecule has 0 radical (unpaired) electrons. The molecule has 0 aliphatic heterocycles. The first-order chi connectivity index (χ1) is 13.9. The highest BCUT2D eigenvalue weighted by molar-refractivity contribution is 6.40. The molecule has 0 saturated heterocycles. The minimum Gasteiger partial charge on any atom is -0.472 e. The number of halogens is 9. The van der Waals surface area contributed by atoms with Crippen LogP contribution in [0.15, 0.2) is 42.6 Å². The first kappa shape index (κ1) is 22.6. The van der Waals surface area contributed by atoms with Crippen LogP contribution in [0, 0.1) is 0 Å². The monoisotopic (exact) mass is 488 g/mol. The summed E-state index contributed by atoms with van der Waals surface area (Å²) in [5.41, 5.74) is -2.00. The van der Waals surface area contributed by atoms with Gasteiger partial charge in [0.05, 0.1) is 21.8 Å². The summed E-state index contributed by atoms with van der Waals surface area (Å²) in [6.45, 7) is -0.463. The molecule has 0 atom stereocenters. The van der Waals surface area contributed by atoms with Gasteiger partial charge in [-0.2, -0.15) is 36.1 Å². The van der Waals surface area contributed by atoms with E-state index in [0.29, 0.717) is 6.20 Å². The zero-order valence-corrected chi connectivity index (χ0v) is 16.7. The third-order valence-corrected chi connectivity index (χ3v) is 4.68. The van der Waals surface area contributed by atoms with Gasteiger partial charge in [-0.15, -0.1) is 0 Å². The molecular weight excluding hydrogens is 481 g/mol. The molecule has 0 amide bonds. The lowest BCUT2D eigenvalue weighted by Gasteiger charge is -2.15. The summed E-state index contributed by atoms with van der Waals surface area (Å²) in [5, 5.41) is 3.67. The number of hydrogen-bond donors (Lipinski definition) is 0. The fourth-order valence-electron chi connectivity index (χ4n) is 2.51. The van der Waals surface area contributed by atoms with Gasteiger partial charge >= 0.3 is 12.4 Å². The molecule has 0 N–H and O–H groups in total. The van der Waals surface area contributed by atoms with E-state index in [-0.39, 0.29) is 26.3 Å². The molecule has 3 nitrogen and oxygen atoms in total. The van der Waals surface area contributed by atoms with Gasteiger partial charge in [0.2, 0.25) is 5.88 Å². The summed E-state index contributed by atoms with van der Waals surface area (Å²) in [5.74, 6) is -0.728. The summed E-state index contributed by atoms with van der Waals surface area (Å²) in [7, 11) is 0. The van der Waals surface area contributed by atoms with Gasteiger partial charge in [0.1, 0.15) is 17.9 Å². The average Bonchev–Trinajstić information content (AvgIpc) is 3.02. The van der Waals surface area contributed by atoms with Gasteiger partial charge in [-0.3, -0.25) is 0 Å². The number of rotatable bonds is 4. The molecule has 3 rings (SSSR count). The Balaban J connectivity index is 1.99. The Hall–Kier alpha value is -2.10. The Bertz CT molecular complexity index is 1040. The summed E-state index contributed by atoms with van der Waals surface area (Å²) in [6.07, 6.45) is -8.83. The maximum atomic E-state index is 13.4. The van der Waals surface area contributed by atoms with Gasteiger partial charge in [-0.25, -0.2) is 0 Å². The molecule has 2 aromatic carbocycles. The van der Waals surface area contributed by atoms with Crippen molar-refractivity contribution < 1.29 is 31.1 Å². The standard InChI is InChI=1S/C18H9Cl3F6N2O/c19-11-5-13(20)15(14(21)6-11)29-16(12(7-28-29)18(25,26)27)30-8-9-1-3-10(4-2-9)17(22,23)24/h1-7H,8H2. The molecular formula is C18H9Cl3F6N2O. The Morgan fingerprint density at radius 3 is 1.93 bits per heavy atom. The number of nitrogens with zero attached hydrogens (tertiary/aromatic N) is 2. The van der Waals surface area contributed by atoms with Crippen molar-refractivity contribution in [2.24, 2.45) is 0 Å². The smallest absolute Gasteiger partial charge is 0.423 e. The molecule has 0 bridgehead atoms. The van der Waals surface area contributed by atoms with Crippen LogP contribution in [0.5, 0.6) is 5.88 Å². The third-order valence-electron chi connectivity index (χ3n) is 3.88. The van der Waals surface area contributed by atoms with Crippen molar-refractivity contribution in [1.82, 2.24) is 9.78 Å². The summed E-state index contributed by atoms with van der Waals surface area (Å²) >= 11 is 18.0. The number of aromatic nitrogens is 2. The van der Waals surface area contributed by atoms with E-state index in [1.807, 2.05) is 0 Å². The molecule has 0 aliphatic rings. The highest BCUT2D eigenvalue weighted by atomic mass is 35.5. The van der Waals surface area contributed by atoms with Crippen LogP contribution in [-0.4, -0.2) is 9.78 Å². The van der Waals surface area contributed by atoms with Crippen LogP contribution in [0.3, 0.4) is 0 Å². The molecule has 12 heteroatoms. The van der Waals surface area contributed by atoms with Crippen LogP contribution in [0.4, 0.5) is 26.3 Å². The van der Waals surface area contributed by atoms with E-state index in [1.165, 1.54) is 12.1 Å². The Kier molecular flexibility index (Phi) is 6.18. The van der Waals surface area contributed by atoms with Crippen LogP contribution in [0.25, 0.3) is 5.69 Å². The van der Waals surface area contributed by atoms with Crippen molar-refractivity contribution in [3.63, 3.8) is 0 Å². The first-order valence-corrected chi connectivity index (χ1v) is 9.10. The van der Waals surface area contributed by atoms with Crippen LogP contribution in [0.2, 0.25) is 15.1 Å². The second-order valence-corrected chi connectivity index (χ2v) is 7.23. The molecule has 30 heavy (non-hydrogen) atoms. The lowest BCUT2D eigenvalue weighted by atomic mass is 10.1. The number of alkyl halides is 6. The SMILES string of the molecule is FC(F)(F)c1ccc(COc2c(C(F)(F)F)cnn2-c2c(Cl)cc(Cl)cc2Cl)cc1. The minimum absolute atomic E-state index is 0.0799. The molecule has 0 fully saturated rings. The minimum atomic E-state index is -4.82. The second kappa shape index (κ2) is 8.20. The van der Waals surface area contributed by atoms with Crippen molar-refractivity contribution >= 4 is 34.8 Å². The molecule has 0 spiro atoms. The van der Waals surface area contributed by atoms with Crippen LogP contribution >= 0.6 is 34.8 Å². The maximum Gasteiger partial charge on any atom is 0.423 e. The third kappa shape index (κ3) is 4.79. The predicted molar refractivity (Wildman–Crippen MR) is 99.4 cm³/mol. The molecule has 160 valence electrons. The van der Waals surface area contributed by atoms with Crippen molar-refractivity contribution in [3.05, 3.63) is 74.4 Å². The Morgan fingerprint density at radius 1 is 0.867 bits per heavy atom. The zero-order valence-electron chi connectivity index (χ0n) is 14.5. The highest BCUT2D eigenvalue weighted by Crippen LogP contribution is 2.41. The van der Waals surface area contributed by atoms with Gasteiger partial charge in [0, 0.05) is 5.02 Å². The topological polar surface area (TPSA) is 27.1 Å². The van der Waals surface area contributed by atoms with Crippen LogP contribution in [-0.2, 0) is 19.0 Å². The van der Waals surface area contributed by atoms with Gasteiger partial charge < -0.3 is 4.74 Å². The molecule has 1 aromatic heterocycles. The largest absolute Gasteiger partial charge is 0.472 e. The van der Waals surface area contributed by atoms with Crippen LogP contribution in [0.1, 0.15) is 16.7 Å². The van der Waals surface area contributed by atoms with Gasteiger partial charge in [0.15, 0.2) is 0 Å². The lowest BCUT2D eigenvalue weighted by molar-refractivity contribution is -0.139. The van der Waals surface area contributed by atoms with Gasteiger partial charge in [-0.1, -0.05) is 46.9 Å². The quantitative estimate of drug-likeness (QED) is 0.356. The number of hydrogen-bond acceptors (Lipinski definition) is 2. The van der Waals surface area contributed by atoms with E-state index in [9.17, 15) is 26.3 Å². The molecule has 3 aromatic rings. The van der Waals surface area contributed by atoms with E-state index in [2.05, 4.69) is 5.10 Å². The lowest BCUT2D eigenvalue weighted by Crippen LogP contribution is -2.11. The van der Waals surface area contributed by atoms with Crippen LogP contribution < -0.4 is 4.74 Å². The van der Waals surface area contributed by atoms with E-state index in [4.69, 9.17) is 39.5 Å². The fraction of sp³-hybridized carbons (Fsp3) is 0.167. The molecule has 0 aliphatic carbocycles. The average molecular weight is 490 g/mol. The van der Waals surface area contributed by atoms with E-state index < -0.39 is 36.0 Å². The van der Waals surface area contributed by atoms with Crippen molar-refractivity contribution in [1.29, 1.82) is 0 Å². The normalized spacial score (nSPS) is 12.3. The van der Waals surface area contributed by atoms with Crippen molar-refractivity contribution in [3.8, 4) is 11.6 Å². The highest BCUT2D eigenvalue weighted by Gasteiger charge is 2.38. The van der Waals surface area contributed by atoms with E-state index in [0.717, 1.165) is 28.9 Å². The molecule has 0 saturated carbocycles. The predicted octanol–water partition coefficient (Wildman–Crippen LogP) is 7.45. The second-order valence-electron chi connectivity index (χ2n) is 5.97. The number of ether oxygens (including phenoxy) is 1. The van der Waals surface area contributed by atoms with Gasteiger partial charge in [-0.05, 0) is 29.8 Å². The van der Waals surface area contributed by atoms with Gasteiger partial charge in [0.25, 0.3) is 0 Å². The number of benzene rings is 2. The van der Waals surface area contributed by atoms with Crippen molar-refractivity contribution in [2.75, 3.05) is 0 Å². The van der Waals surface area contributed by atoms with E-state index in [1.54, 1.807) is 0 Å².